The zero-order valence-corrected chi connectivity index (χ0v) is 29.3. The highest BCUT2D eigenvalue weighted by molar-refractivity contribution is 7.47. The van der Waals surface area contributed by atoms with Crippen LogP contribution in [0.15, 0.2) is 24.3 Å². The van der Waals surface area contributed by atoms with Crippen LogP contribution in [0.3, 0.4) is 0 Å². The fraction of sp³-hybridized carbons (Fsp3) is 0.794. The van der Waals surface area contributed by atoms with E-state index >= 15 is 0 Å². The molecular formula is C34H62NO10P. The number of aliphatic carboxylic acids is 1. The van der Waals surface area contributed by atoms with Gasteiger partial charge >= 0.3 is 25.7 Å². The third-order valence-corrected chi connectivity index (χ3v) is 8.15. The maximum Gasteiger partial charge on any atom is 0.472 e. The van der Waals surface area contributed by atoms with Crippen LogP contribution < -0.4 is 5.73 Å². The Morgan fingerprint density at radius 2 is 1.15 bits per heavy atom. The van der Waals surface area contributed by atoms with Crippen molar-refractivity contribution < 1.29 is 47.5 Å². The Kier molecular flexibility index (Phi) is 29.0. The summed E-state index contributed by atoms with van der Waals surface area (Å²) < 4.78 is 32.1. The first-order valence-electron chi connectivity index (χ1n) is 17.4. The number of carbonyl (C=O) groups is 3. The number of hydrogen-bond acceptors (Lipinski definition) is 9. The lowest BCUT2D eigenvalue weighted by Gasteiger charge is -2.20. The molecule has 0 spiro atoms. The minimum atomic E-state index is -4.69. The highest BCUT2D eigenvalue weighted by atomic mass is 31.2. The molecule has 0 radical (unpaired) electrons. The molecule has 0 rings (SSSR count). The van der Waals surface area contributed by atoms with Crippen LogP contribution in [0.4, 0.5) is 0 Å². The van der Waals surface area contributed by atoms with Crippen LogP contribution >= 0.6 is 7.82 Å². The largest absolute Gasteiger partial charge is 0.480 e. The van der Waals surface area contributed by atoms with Crippen molar-refractivity contribution in [2.75, 3.05) is 19.8 Å². The molecule has 0 saturated heterocycles. The molecule has 46 heavy (non-hydrogen) atoms. The van der Waals surface area contributed by atoms with Gasteiger partial charge in [0.05, 0.1) is 13.2 Å². The molecule has 0 aliphatic rings. The second-order valence-corrected chi connectivity index (χ2v) is 13.1. The molecule has 0 heterocycles. The molecule has 11 nitrogen and oxygen atoms in total. The van der Waals surface area contributed by atoms with Crippen LogP contribution in [0.2, 0.25) is 0 Å². The normalized spacial score (nSPS) is 14.3. The van der Waals surface area contributed by atoms with Gasteiger partial charge in [0.2, 0.25) is 0 Å². The summed E-state index contributed by atoms with van der Waals surface area (Å²) >= 11 is 0. The van der Waals surface area contributed by atoms with Gasteiger partial charge in [0, 0.05) is 12.8 Å². The number of unbranched alkanes of at least 4 members (excludes halogenated alkanes) is 14. The lowest BCUT2D eigenvalue weighted by atomic mass is 10.1. The summed E-state index contributed by atoms with van der Waals surface area (Å²) in [6.07, 6.45) is 27.8. The first-order chi connectivity index (χ1) is 22.1. The number of phosphoric ester groups is 1. The van der Waals surface area contributed by atoms with Crippen molar-refractivity contribution in [2.45, 2.75) is 154 Å². The number of nitrogens with two attached hydrogens (primary N) is 1. The molecule has 0 aliphatic carbocycles. The predicted octanol–water partition coefficient (Wildman–Crippen LogP) is 7.94. The van der Waals surface area contributed by atoms with Crippen LogP contribution in [0.1, 0.15) is 142 Å². The Labute approximate surface area is 277 Å². The van der Waals surface area contributed by atoms with Crippen molar-refractivity contribution >= 4 is 25.7 Å². The molecule has 4 N–H and O–H groups in total. The first kappa shape index (κ1) is 44.0. The van der Waals surface area contributed by atoms with Crippen molar-refractivity contribution in [2.24, 2.45) is 5.73 Å². The van der Waals surface area contributed by atoms with E-state index in [0.717, 1.165) is 44.9 Å². The van der Waals surface area contributed by atoms with E-state index in [2.05, 4.69) is 35.8 Å². The number of rotatable bonds is 32. The molecule has 268 valence electrons. The average Bonchev–Trinajstić information content (AvgIpc) is 3.02. The quantitative estimate of drug-likeness (QED) is 0.0273. The van der Waals surface area contributed by atoms with E-state index in [1.54, 1.807) is 0 Å². The SMILES string of the molecule is CCCCC/C=C\C/C=C\CCCCCCCCCCCC(=O)OC(COC(=O)CCCCC)COP(=O)(O)OCC(N)C(=O)O. The molecule has 0 aromatic rings. The molecule has 0 amide bonds. The monoisotopic (exact) mass is 675 g/mol. The zero-order valence-electron chi connectivity index (χ0n) is 28.4. The summed E-state index contributed by atoms with van der Waals surface area (Å²) in [7, 11) is -4.69. The molecule has 0 aromatic heterocycles. The summed E-state index contributed by atoms with van der Waals surface area (Å²) in [6, 6.07) is -1.52. The lowest BCUT2D eigenvalue weighted by Crippen LogP contribution is -2.34. The van der Waals surface area contributed by atoms with Crippen LogP contribution in [0.25, 0.3) is 0 Å². The summed E-state index contributed by atoms with van der Waals surface area (Å²) in [5, 5.41) is 8.79. The van der Waals surface area contributed by atoms with E-state index in [9.17, 15) is 23.8 Å². The van der Waals surface area contributed by atoms with Crippen LogP contribution in [0.5, 0.6) is 0 Å². The molecule has 0 bridgehead atoms. The van der Waals surface area contributed by atoms with Gasteiger partial charge in [-0.2, -0.15) is 0 Å². The van der Waals surface area contributed by atoms with Crippen molar-refractivity contribution in [3.63, 3.8) is 0 Å². The Morgan fingerprint density at radius 1 is 0.674 bits per heavy atom. The highest BCUT2D eigenvalue weighted by Crippen LogP contribution is 2.43. The van der Waals surface area contributed by atoms with E-state index in [4.69, 9.17) is 24.8 Å². The Morgan fingerprint density at radius 3 is 1.74 bits per heavy atom. The summed E-state index contributed by atoms with van der Waals surface area (Å²) in [6.45, 7) is 2.54. The molecule has 0 saturated carbocycles. The second kappa shape index (κ2) is 30.3. The molecule has 0 aliphatic heterocycles. The fourth-order valence-electron chi connectivity index (χ4n) is 4.39. The van der Waals surface area contributed by atoms with Gasteiger partial charge in [-0.05, 0) is 44.9 Å². The number of esters is 2. The van der Waals surface area contributed by atoms with Gasteiger partial charge in [-0.15, -0.1) is 0 Å². The number of carbonyl (C=O) groups excluding carboxylic acids is 2. The Balaban J connectivity index is 4.20. The van der Waals surface area contributed by atoms with E-state index < -0.39 is 51.1 Å². The number of ether oxygens (including phenoxy) is 2. The van der Waals surface area contributed by atoms with Gasteiger partial charge in [0.25, 0.3) is 0 Å². The number of phosphoric acid groups is 1. The Bertz CT molecular complexity index is 895. The smallest absolute Gasteiger partial charge is 0.472 e. The van der Waals surface area contributed by atoms with E-state index in [0.29, 0.717) is 12.8 Å². The van der Waals surface area contributed by atoms with E-state index in [-0.39, 0.29) is 19.4 Å². The number of allylic oxidation sites excluding steroid dienone is 4. The molecule has 3 atom stereocenters. The maximum absolute atomic E-state index is 12.4. The molecular weight excluding hydrogens is 613 g/mol. The number of carboxylic acids is 1. The second-order valence-electron chi connectivity index (χ2n) is 11.7. The number of carboxylic acid groups (broad SMARTS) is 1. The van der Waals surface area contributed by atoms with E-state index in [1.807, 2.05) is 6.92 Å². The van der Waals surface area contributed by atoms with Crippen LogP contribution in [0, 0.1) is 0 Å². The molecule has 3 unspecified atom stereocenters. The third-order valence-electron chi connectivity index (χ3n) is 7.20. The summed E-state index contributed by atoms with van der Waals surface area (Å²) in [4.78, 5) is 45.1. The zero-order chi connectivity index (χ0) is 34.3. The summed E-state index contributed by atoms with van der Waals surface area (Å²) in [5.41, 5.74) is 5.28. The van der Waals surface area contributed by atoms with Gasteiger partial charge in [-0.1, -0.05) is 109 Å². The van der Waals surface area contributed by atoms with Crippen LogP contribution in [-0.2, 0) is 37.5 Å². The Hall–Kier alpha value is -2.04. The molecule has 0 aromatic carbocycles. The van der Waals surface area contributed by atoms with Crippen molar-refractivity contribution in [3.8, 4) is 0 Å². The minimum absolute atomic E-state index is 0.157. The van der Waals surface area contributed by atoms with Crippen molar-refractivity contribution in [1.82, 2.24) is 0 Å². The highest BCUT2D eigenvalue weighted by Gasteiger charge is 2.28. The van der Waals surface area contributed by atoms with Gasteiger partial charge in [-0.3, -0.25) is 23.4 Å². The molecule has 12 heteroatoms. The van der Waals surface area contributed by atoms with Gasteiger partial charge < -0.3 is 25.2 Å². The third kappa shape index (κ3) is 29.4. The minimum Gasteiger partial charge on any atom is -0.480 e. The average molecular weight is 676 g/mol. The predicted molar refractivity (Wildman–Crippen MR) is 180 cm³/mol. The van der Waals surface area contributed by atoms with Gasteiger partial charge in [0.1, 0.15) is 12.6 Å². The van der Waals surface area contributed by atoms with Gasteiger partial charge in [0.15, 0.2) is 6.10 Å². The maximum atomic E-state index is 12.4. The van der Waals surface area contributed by atoms with Crippen LogP contribution in [-0.4, -0.2) is 59.9 Å². The lowest BCUT2D eigenvalue weighted by molar-refractivity contribution is -0.161. The summed E-state index contributed by atoms with van der Waals surface area (Å²) in [5.74, 6) is -2.42. The van der Waals surface area contributed by atoms with Crippen molar-refractivity contribution in [1.29, 1.82) is 0 Å². The van der Waals surface area contributed by atoms with E-state index in [1.165, 1.54) is 57.8 Å². The standard InChI is InChI=1S/C34H62NO10P/c1-3-5-7-8-9-10-11-12-13-14-15-16-17-18-19-20-21-22-24-26-33(37)45-30(27-42-32(36)25-23-6-4-2)28-43-46(40,41)44-29-31(35)34(38)39/h9-10,12-13,30-31H,3-8,11,14-29,35H2,1-2H3,(H,38,39)(H,40,41)/b10-9-,13-12-. The van der Waals surface area contributed by atoms with Gasteiger partial charge in [-0.25, -0.2) is 4.57 Å². The van der Waals surface area contributed by atoms with Crippen molar-refractivity contribution in [3.05, 3.63) is 24.3 Å². The fourth-order valence-corrected chi connectivity index (χ4v) is 5.16. The molecule has 0 fully saturated rings. The first-order valence-corrected chi connectivity index (χ1v) is 18.9. The number of hydrogen-bond donors (Lipinski definition) is 3. The topological polar surface area (TPSA) is 172 Å².